The van der Waals surface area contributed by atoms with Gasteiger partial charge in [0.2, 0.25) is 0 Å². The summed E-state index contributed by atoms with van der Waals surface area (Å²) in [5, 5.41) is 27.5. The molecule has 0 fully saturated rings. The summed E-state index contributed by atoms with van der Waals surface area (Å²) in [7, 11) is 1.68. The van der Waals surface area contributed by atoms with E-state index < -0.39 is 6.10 Å². The molecule has 2 N–H and O–H groups in total. The highest BCUT2D eigenvalue weighted by atomic mass is 16.3. The number of aliphatic hydroxyl groups is 1. The maximum absolute atomic E-state index is 9.70. The first-order chi connectivity index (χ1) is 6.75. The fourth-order valence-electron chi connectivity index (χ4n) is 1.14. The third kappa shape index (κ3) is 1.77. The second kappa shape index (κ2) is 3.54. The molecule has 2 rings (SSSR count). The molecule has 0 spiro atoms. The molecule has 0 bridgehead atoms. The van der Waals surface area contributed by atoms with Crippen LogP contribution in [0.2, 0.25) is 0 Å². The van der Waals surface area contributed by atoms with Gasteiger partial charge in [-0.3, -0.25) is 5.10 Å². The number of nitrogens with zero attached hydrogens (tertiary/aromatic N) is 5. The Labute approximate surface area is 79.8 Å². The molecule has 0 saturated heterocycles. The highest BCUT2D eigenvalue weighted by Gasteiger charge is 2.12. The summed E-state index contributed by atoms with van der Waals surface area (Å²) < 4.78 is 0. The molecular formula is C7H10N6O. The van der Waals surface area contributed by atoms with Crippen molar-refractivity contribution in [1.82, 2.24) is 30.4 Å². The number of aromatic amines is 1. The Kier molecular flexibility index (Phi) is 2.23. The van der Waals surface area contributed by atoms with Crippen molar-refractivity contribution in [1.29, 1.82) is 0 Å². The third-order valence-electron chi connectivity index (χ3n) is 1.83. The molecule has 74 valence electrons. The molecule has 7 heteroatoms. The van der Waals surface area contributed by atoms with Gasteiger partial charge in [-0.2, -0.15) is 9.90 Å². The molecule has 0 aliphatic carbocycles. The van der Waals surface area contributed by atoms with Gasteiger partial charge in [0.1, 0.15) is 0 Å². The number of tetrazole rings is 1. The number of H-pyrrole nitrogens is 1. The summed E-state index contributed by atoms with van der Waals surface area (Å²) in [6.45, 7) is 0. The van der Waals surface area contributed by atoms with E-state index in [1.165, 1.54) is 4.80 Å². The van der Waals surface area contributed by atoms with E-state index >= 15 is 0 Å². The second-order valence-corrected chi connectivity index (χ2v) is 2.95. The van der Waals surface area contributed by atoms with Crippen molar-refractivity contribution in [2.45, 2.75) is 12.5 Å². The number of aromatic nitrogens is 6. The van der Waals surface area contributed by atoms with Crippen LogP contribution < -0.4 is 0 Å². The van der Waals surface area contributed by atoms with Gasteiger partial charge in [-0.1, -0.05) is 0 Å². The van der Waals surface area contributed by atoms with Crippen molar-refractivity contribution in [3.05, 3.63) is 23.8 Å². The van der Waals surface area contributed by atoms with Crippen LogP contribution in [0.5, 0.6) is 0 Å². The van der Waals surface area contributed by atoms with E-state index in [1.54, 1.807) is 19.4 Å². The van der Waals surface area contributed by atoms with E-state index in [9.17, 15) is 5.11 Å². The van der Waals surface area contributed by atoms with Crippen LogP contribution in [-0.4, -0.2) is 35.5 Å². The van der Waals surface area contributed by atoms with Crippen molar-refractivity contribution >= 4 is 0 Å². The van der Waals surface area contributed by atoms with Crippen molar-refractivity contribution in [2.75, 3.05) is 0 Å². The fraction of sp³-hybridized carbons (Fsp3) is 0.429. The van der Waals surface area contributed by atoms with E-state index in [4.69, 9.17) is 0 Å². The highest BCUT2D eigenvalue weighted by Crippen LogP contribution is 2.13. The van der Waals surface area contributed by atoms with Gasteiger partial charge in [-0.25, -0.2) is 0 Å². The zero-order valence-electron chi connectivity index (χ0n) is 7.62. The molecule has 0 aliphatic rings. The minimum atomic E-state index is -0.641. The topological polar surface area (TPSA) is 92.5 Å². The molecule has 2 aromatic rings. The van der Waals surface area contributed by atoms with Crippen LogP contribution in [0.1, 0.15) is 17.5 Å². The predicted molar refractivity (Wildman–Crippen MR) is 46.0 cm³/mol. The lowest BCUT2D eigenvalue weighted by molar-refractivity contribution is 0.176. The van der Waals surface area contributed by atoms with Crippen LogP contribution in [0.4, 0.5) is 0 Å². The Bertz CT molecular complexity index is 394. The lowest BCUT2D eigenvalue weighted by Crippen LogP contribution is -2.02. The molecule has 0 aromatic carbocycles. The summed E-state index contributed by atoms with van der Waals surface area (Å²) in [6.07, 6.45) is 2.91. The molecule has 0 radical (unpaired) electrons. The minimum Gasteiger partial charge on any atom is -0.388 e. The Hall–Kier alpha value is -1.76. The van der Waals surface area contributed by atoms with Crippen LogP contribution >= 0.6 is 0 Å². The number of rotatable bonds is 3. The van der Waals surface area contributed by atoms with Crippen molar-refractivity contribution in [3.63, 3.8) is 0 Å². The second-order valence-electron chi connectivity index (χ2n) is 2.95. The number of aliphatic hydroxyl groups excluding tert-OH is 1. The Balaban J connectivity index is 2.05. The smallest absolute Gasteiger partial charge is 0.177 e. The summed E-state index contributed by atoms with van der Waals surface area (Å²) >= 11 is 0. The van der Waals surface area contributed by atoms with Gasteiger partial charge in [0.05, 0.1) is 19.3 Å². The Morgan fingerprint density at radius 3 is 3.07 bits per heavy atom. The van der Waals surface area contributed by atoms with Crippen LogP contribution in [0.3, 0.4) is 0 Å². The maximum Gasteiger partial charge on any atom is 0.177 e. The number of nitrogens with one attached hydrogen (secondary N) is 1. The van der Waals surface area contributed by atoms with Crippen LogP contribution in [0, 0.1) is 0 Å². The highest BCUT2D eigenvalue weighted by molar-refractivity contribution is 5.08. The van der Waals surface area contributed by atoms with Crippen LogP contribution in [-0.2, 0) is 13.5 Å². The average Bonchev–Trinajstić information content (AvgIpc) is 2.75. The number of aryl methyl sites for hydroxylation is 1. The summed E-state index contributed by atoms with van der Waals surface area (Å²) in [5.41, 5.74) is 0.720. The van der Waals surface area contributed by atoms with Crippen LogP contribution in [0.15, 0.2) is 12.4 Å². The van der Waals surface area contributed by atoms with Gasteiger partial charge in [-0.05, 0) is 5.21 Å². The van der Waals surface area contributed by atoms with E-state index in [0.717, 1.165) is 5.56 Å². The first kappa shape index (κ1) is 8.82. The molecule has 1 unspecified atom stereocenters. The molecule has 1 atom stereocenters. The first-order valence-corrected chi connectivity index (χ1v) is 4.15. The largest absolute Gasteiger partial charge is 0.388 e. The summed E-state index contributed by atoms with van der Waals surface area (Å²) in [4.78, 5) is 1.36. The third-order valence-corrected chi connectivity index (χ3v) is 1.83. The van der Waals surface area contributed by atoms with Gasteiger partial charge < -0.3 is 5.11 Å². The molecule has 7 nitrogen and oxygen atoms in total. The zero-order chi connectivity index (χ0) is 9.97. The molecule has 0 saturated carbocycles. The van der Waals surface area contributed by atoms with E-state index in [1.807, 2.05) is 0 Å². The summed E-state index contributed by atoms with van der Waals surface area (Å²) in [5.74, 6) is 0.515. The lowest BCUT2D eigenvalue weighted by Gasteiger charge is -2.03. The van der Waals surface area contributed by atoms with Crippen LogP contribution in [0.25, 0.3) is 0 Å². The first-order valence-electron chi connectivity index (χ1n) is 4.15. The monoisotopic (exact) mass is 194 g/mol. The van der Waals surface area contributed by atoms with E-state index in [0.29, 0.717) is 12.2 Å². The normalized spacial score (nSPS) is 13.0. The predicted octanol–water partition coefficient (Wildman–Crippen LogP) is -0.791. The van der Waals surface area contributed by atoms with Crippen molar-refractivity contribution in [2.24, 2.45) is 7.05 Å². The Morgan fingerprint density at radius 1 is 1.64 bits per heavy atom. The molecule has 2 aromatic heterocycles. The maximum atomic E-state index is 9.70. The molecular weight excluding hydrogens is 184 g/mol. The van der Waals surface area contributed by atoms with E-state index in [-0.39, 0.29) is 0 Å². The minimum absolute atomic E-state index is 0.341. The molecule has 0 amide bonds. The standard InChI is InChI=1S/C7H10N6O/c1-13-11-7(10-12-13)2-6(14)5-3-8-9-4-5/h3-4,6,14H,2H2,1H3,(H,8,9). The van der Waals surface area contributed by atoms with E-state index in [2.05, 4.69) is 25.6 Å². The van der Waals surface area contributed by atoms with Crippen molar-refractivity contribution in [3.8, 4) is 0 Å². The Morgan fingerprint density at radius 2 is 2.50 bits per heavy atom. The quantitative estimate of drug-likeness (QED) is 0.668. The SMILES string of the molecule is Cn1nnc(CC(O)c2cn[nH]c2)n1. The van der Waals surface area contributed by atoms with Gasteiger partial charge in [0, 0.05) is 18.2 Å². The number of hydrogen-bond donors (Lipinski definition) is 2. The average molecular weight is 194 g/mol. The van der Waals surface area contributed by atoms with Gasteiger partial charge >= 0.3 is 0 Å². The molecule has 14 heavy (non-hydrogen) atoms. The fourth-order valence-corrected chi connectivity index (χ4v) is 1.14. The lowest BCUT2D eigenvalue weighted by atomic mass is 10.1. The van der Waals surface area contributed by atoms with Gasteiger partial charge in [-0.15, -0.1) is 10.2 Å². The van der Waals surface area contributed by atoms with Gasteiger partial charge in [0.15, 0.2) is 5.82 Å². The summed E-state index contributed by atoms with van der Waals surface area (Å²) in [6, 6.07) is 0. The van der Waals surface area contributed by atoms with Crippen molar-refractivity contribution < 1.29 is 5.11 Å². The van der Waals surface area contributed by atoms with Gasteiger partial charge in [0.25, 0.3) is 0 Å². The molecule has 0 aliphatic heterocycles. The zero-order valence-corrected chi connectivity index (χ0v) is 7.62. The number of hydrogen-bond acceptors (Lipinski definition) is 5. The molecule has 2 heterocycles.